The summed E-state index contributed by atoms with van der Waals surface area (Å²) in [6.07, 6.45) is 0.378. The molecule has 0 atom stereocenters. The minimum atomic E-state index is -3.72. The number of nitro benzene ring substituents is 1. The maximum absolute atomic E-state index is 12.7. The summed E-state index contributed by atoms with van der Waals surface area (Å²) < 4.78 is 28.1. The SMILES string of the molecule is CCCS(=O)(=O)OCCN1C(=O)c2cccc3cc([N+](=O)[O-])cc(c23)C1=O. The molecular weight excluding hydrogens is 376 g/mol. The van der Waals surface area contributed by atoms with Gasteiger partial charge in [0.15, 0.2) is 0 Å². The van der Waals surface area contributed by atoms with Crippen LogP contribution in [0.3, 0.4) is 0 Å². The van der Waals surface area contributed by atoms with E-state index in [1.807, 2.05) is 0 Å². The minimum Gasteiger partial charge on any atom is -0.272 e. The number of benzene rings is 2. The van der Waals surface area contributed by atoms with Crippen molar-refractivity contribution in [1.82, 2.24) is 4.90 Å². The highest BCUT2D eigenvalue weighted by Crippen LogP contribution is 2.33. The lowest BCUT2D eigenvalue weighted by atomic mass is 9.93. The van der Waals surface area contributed by atoms with Gasteiger partial charge in [-0.15, -0.1) is 0 Å². The van der Waals surface area contributed by atoms with Crippen LogP contribution in [0.15, 0.2) is 30.3 Å². The Balaban J connectivity index is 1.95. The number of carbonyl (C=O) groups is 2. The topological polar surface area (TPSA) is 124 Å². The molecule has 0 saturated carbocycles. The number of nitrogens with zero attached hydrogens (tertiary/aromatic N) is 2. The van der Waals surface area contributed by atoms with Gasteiger partial charge in [-0.2, -0.15) is 8.42 Å². The molecular formula is C17H16N2O7S. The maximum Gasteiger partial charge on any atom is 0.270 e. The lowest BCUT2D eigenvalue weighted by Gasteiger charge is -2.26. The van der Waals surface area contributed by atoms with Gasteiger partial charge in [0, 0.05) is 23.1 Å². The smallest absolute Gasteiger partial charge is 0.270 e. The fraction of sp³-hybridized carbons (Fsp3) is 0.294. The number of amides is 2. The predicted octanol–water partition coefficient (Wildman–Crippen LogP) is 2.10. The highest BCUT2D eigenvalue weighted by Gasteiger charge is 2.34. The van der Waals surface area contributed by atoms with E-state index >= 15 is 0 Å². The molecule has 1 aliphatic rings. The Labute approximate surface area is 154 Å². The van der Waals surface area contributed by atoms with Gasteiger partial charge < -0.3 is 0 Å². The van der Waals surface area contributed by atoms with Gasteiger partial charge in [0.2, 0.25) is 0 Å². The normalized spacial score (nSPS) is 14.0. The van der Waals surface area contributed by atoms with E-state index in [9.17, 15) is 28.1 Å². The van der Waals surface area contributed by atoms with Gasteiger partial charge in [0.1, 0.15) is 0 Å². The number of nitro groups is 1. The summed E-state index contributed by atoms with van der Waals surface area (Å²) >= 11 is 0. The fourth-order valence-electron chi connectivity index (χ4n) is 3.01. The molecule has 0 radical (unpaired) electrons. The summed E-state index contributed by atoms with van der Waals surface area (Å²) in [5, 5.41) is 11.9. The van der Waals surface area contributed by atoms with Crippen molar-refractivity contribution in [2.75, 3.05) is 18.9 Å². The molecule has 2 aromatic carbocycles. The molecule has 2 aromatic rings. The van der Waals surface area contributed by atoms with Gasteiger partial charge in [-0.05, 0) is 17.9 Å². The number of hydrogen-bond donors (Lipinski definition) is 0. The van der Waals surface area contributed by atoms with Crippen LogP contribution in [-0.2, 0) is 14.3 Å². The third kappa shape index (κ3) is 3.53. The molecule has 0 bridgehead atoms. The van der Waals surface area contributed by atoms with Gasteiger partial charge in [-0.1, -0.05) is 19.1 Å². The zero-order chi connectivity index (χ0) is 19.8. The summed E-state index contributed by atoms with van der Waals surface area (Å²) in [5.41, 5.74) is -0.00157. The van der Waals surface area contributed by atoms with Gasteiger partial charge in [-0.25, -0.2) is 0 Å². The average molecular weight is 392 g/mol. The standard InChI is InChI=1S/C17H16N2O7S/c1-2-8-27(24,25)26-7-6-18-16(20)13-5-3-4-11-9-12(19(22)23)10-14(15(11)13)17(18)21/h3-5,9-10H,2,6-8H2,1H3. The number of carbonyl (C=O) groups excluding carboxylic acids is 2. The summed E-state index contributed by atoms with van der Waals surface area (Å²) in [6, 6.07) is 7.11. The van der Waals surface area contributed by atoms with Crippen molar-refractivity contribution < 1.29 is 27.1 Å². The van der Waals surface area contributed by atoms with Crippen molar-refractivity contribution in [3.05, 3.63) is 51.6 Å². The number of rotatable bonds is 7. The number of non-ortho nitro benzene ring substituents is 1. The number of imide groups is 1. The summed E-state index contributed by atoms with van der Waals surface area (Å²) in [4.78, 5) is 36.8. The first-order chi connectivity index (χ1) is 12.7. The molecule has 1 heterocycles. The zero-order valence-electron chi connectivity index (χ0n) is 14.4. The predicted molar refractivity (Wildman–Crippen MR) is 96.0 cm³/mol. The second-order valence-electron chi connectivity index (χ2n) is 6.00. The van der Waals surface area contributed by atoms with Crippen molar-refractivity contribution >= 4 is 38.4 Å². The third-order valence-corrected chi connectivity index (χ3v) is 5.59. The quantitative estimate of drug-likeness (QED) is 0.306. The molecule has 0 N–H and O–H groups in total. The van der Waals surface area contributed by atoms with E-state index in [1.165, 1.54) is 12.1 Å². The van der Waals surface area contributed by atoms with Crippen molar-refractivity contribution in [1.29, 1.82) is 0 Å². The van der Waals surface area contributed by atoms with Gasteiger partial charge >= 0.3 is 0 Å². The Morgan fingerprint density at radius 2 is 1.85 bits per heavy atom. The van der Waals surface area contributed by atoms with Crippen LogP contribution < -0.4 is 0 Å². The van der Waals surface area contributed by atoms with Crippen molar-refractivity contribution in [3.63, 3.8) is 0 Å². The largest absolute Gasteiger partial charge is 0.272 e. The van der Waals surface area contributed by atoms with Crippen LogP contribution in [0.25, 0.3) is 10.8 Å². The molecule has 0 aromatic heterocycles. The molecule has 9 nitrogen and oxygen atoms in total. The monoisotopic (exact) mass is 392 g/mol. The Kier molecular flexibility index (Phi) is 4.94. The highest BCUT2D eigenvalue weighted by molar-refractivity contribution is 7.86. The Hall–Kier alpha value is -2.85. The highest BCUT2D eigenvalue weighted by atomic mass is 32.2. The first kappa shape index (κ1) is 18.9. The second kappa shape index (κ2) is 7.05. The molecule has 0 aliphatic carbocycles. The van der Waals surface area contributed by atoms with E-state index in [-0.39, 0.29) is 35.7 Å². The molecule has 0 unspecified atom stereocenters. The molecule has 1 aliphatic heterocycles. The molecule has 0 fully saturated rings. The molecule has 142 valence electrons. The van der Waals surface area contributed by atoms with E-state index in [2.05, 4.69) is 0 Å². The average Bonchev–Trinajstić information content (AvgIpc) is 2.61. The first-order valence-corrected chi connectivity index (χ1v) is 9.77. The van der Waals surface area contributed by atoms with Crippen molar-refractivity contribution in [3.8, 4) is 0 Å². The van der Waals surface area contributed by atoms with Crippen LogP contribution in [0.5, 0.6) is 0 Å². The Morgan fingerprint density at radius 1 is 1.15 bits per heavy atom. The second-order valence-corrected chi connectivity index (χ2v) is 7.76. The van der Waals surface area contributed by atoms with Gasteiger partial charge in [0.05, 0.1) is 29.4 Å². The van der Waals surface area contributed by atoms with Crippen LogP contribution in [0, 0.1) is 10.1 Å². The fourth-order valence-corrected chi connectivity index (χ4v) is 3.96. The Bertz CT molecular complexity index is 1060. The Morgan fingerprint density at radius 3 is 2.52 bits per heavy atom. The van der Waals surface area contributed by atoms with E-state index in [0.717, 1.165) is 11.0 Å². The van der Waals surface area contributed by atoms with E-state index < -0.39 is 26.9 Å². The van der Waals surface area contributed by atoms with E-state index in [0.29, 0.717) is 17.2 Å². The third-order valence-electron chi connectivity index (χ3n) is 4.16. The van der Waals surface area contributed by atoms with E-state index in [4.69, 9.17) is 4.18 Å². The summed E-state index contributed by atoms with van der Waals surface area (Å²) in [5.74, 6) is -1.48. The first-order valence-electron chi connectivity index (χ1n) is 8.19. The van der Waals surface area contributed by atoms with Gasteiger partial charge in [-0.3, -0.25) is 28.8 Å². The summed E-state index contributed by atoms with van der Waals surface area (Å²) in [7, 11) is -3.72. The van der Waals surface area contributed by atoms with Gasteiger partial charge in [0.25, 0.3) is 27.6 Å². The van der Waals surface area contributed by atoms with Crippen molar-refractivity contribution in [2.24, 2.45) is 0 Å². The van der Waals surface area contributed by atoms with Crippen LogP contribution in [-0.4, -0.2) is 49.0 Å². The summed E-state index contributed by atoms with van der Waals surface area (Å²) in [6.45, 7) is 1.03. The molecule has 0 saturated heterocycles. The molecule has 0 spiro atoms. The van der Waals surface area contributed by atoms with E-state index in [1.54, 1.807) is 19.1 Å². The lowest BCUT2D eigenvalue weighted by Crippen LogP contribution is -2.42. The van der Waals surface area contributed by atoms with Crippen molar-refractivity contribution in [2.45, 2.75) is 13.3 Å². The van der Waals surface area contributed by atoms with Crippen LogP contribution in [0.2, 0.25) is 0 Å². The van der Waals surface area contributed by atoms with Crippen LogP contribution in [0.4, 0.5) is 5.69 Å². The maximum atomic E-state index is 12.7. The molecule has 2 amide bonds. The van der Waals surface area contributed by atoms with Crippen LogP contribution >= 0.6 is 0 Å². The minimum absolute atomic E-state index is 0.0332. The zero-order valence-corrected chi connectivity index (χ0v) is 15.2. The molecule has 10 heteroatoms. The molecule has 3 rings (SSSR count). The number of hydrogen-bond acceptors (Lipinski definition) is 7. The molecule has 27 heavy (non-hydrogen) atoms. The lowest BCUT2D eigenvalue weighted by molar-refractivity contribution is -0.384. The van der Waals surface area contributed by atoms with Crippen LogP contribution in [0.1, 0.15) is 34.1 Å².